The van der Waals surface area contributed by atoms with Gasteiger partial charge in [-0.15, -0.1) is 0 Å². The number of nitrogens with zero attached hydrogens (tertiary/aromatic N) is 2. The van der Waals surface area contributed by atoms with Gasteiger partial charge in [-0.05, 0) is 37.3 Å². The van der Waals surface area contributed by atoms with E-state index in [4.69, 9.17) is 21.1 Å². The Kier molecular flexibility index (Phi) is 5.38. The van der Waals surface area contributed by atoms with E-state index >= 15 is 0 Å². The van der Waals surface area contributed by atoms with Crippen LogP contribution in [0.15, 0.2) is 35.1 Å². The van der Waals surface area contributed by atoms with Crippen molar-refractivity contribution < 1.29 is 19.1 Å². The SMILES string of the molecule is O=C(O)CC[C@@H]1CCCN(C(=O)c2ncoc2-c2ccccc2Cl)C1. The van der Waals surface area contributed by atoms with Crippen LogP contribution in [-0.4, -0.2) is 40.0 Å². The number of oxazole rings is 1. The normalized spacial score (nSPS) is 17.5. The summed E-state index contributed by atoms with van der Waals surface area (Å²) in [5, 5.41) is 9.33. The number of benzene rings is 1. The van der Waals surface area contributed by atoms with E-state index < -0.39 is 5.97 Å². The van der Waals surface area contributed by atoms with E-state index in [1.54, 1.807) is 23.1 Å². The van der Waals surface area contributed by atoms with E-state index in [0.717, 1.165) is 12.8 Å². The molecule has 2 aromatic rings. The zero-order valence-corrected chi connectivity index (χ0v) is 14.4. The van der Waals surface area contributed by atoms with Crippen LogP contribution in [0.1, 0.15) is 36.2 Å². The van der Waals surface area contributed by atoms with E-state index in [2.05, 4.69) is 4.98 Å². The van der Waals surface area contributed by atoms with Crippen LogP contribution in [0.3, 0.4) is 0 Å². The van der Waals surface area contributed by atoms with Gasteiger partial charge in [0.25, 0.3) is 5.91 Å². The lowest BCUT2D eigenvalue weighted by molar-refractivity contribution is -0.137. The molecule has 0 saturated carbocycles. The number of carbonyl (C=O) groups is 2. The van der Waals surface area contributed by atoms with Crippen molar-refractivity contribution in [2.24, 2.45) is 5.92 Å². The van der Waals surface area contributed by atoms with Gasteiger partial charge < -0.3 is 14.4 Å². The number of amides is 1. The molecule has 1 amide bonds. The van der Waals surface area contributed by atoms with Crippen LogP contribution >= 0.6 is 11.6 Å². The highest BCUT2D eigenvalue weighted by atomic mass is 35.5. The van der Waals surface area contributed by atoms with Gasteiger partial charge in [-0.1, -0.05) is 23.7 Å². The minimum atomic E-state index is -0.805. The molecule has 25 heavy (non-hydrogen) atoms. The van der Waals surface area contributed by atoms with Crippen molar-refractivity contribution in [3.63, 3.8) is 0 Å². The fraction of sp³-hybridized carbons (Fsp3) is 0.389. The highest BCUT2D eigenvalue weighted by molar-refractivity contribution is 6.33. The Hall–Kier alpha value is -2.34. The fourth-order valence-corrected chi connectivity index (χ4v) is 3.42. The number of carboxylic acid groups (broad SMARTS) is 1. The zero-order chi connectivity index (χ0) is 17.8. The number of halogens is 1. The molecule has 1 aliphatic rings. The fourth-order valence-electron chi connectivity index (χ4n) is 3.20. The Morgan fingerprint density at radius 2 is 2.16 bits per heavy atom. The molecule has 0 spiro atoms. The number of hydrogen-bond donors (Lipinski definition) is 1. The van der Waals surface area contributed by atoms with Gasteiger partial charge in [0, 0.05) is 25.1 Å². The molecule has 1 aliphatic heterocycles. The molecule has 1 aromatic carbocycles. The van der Waals surface area contributed by atoms with Crippen LogP contribution < -0.4 is 0 Å². The number of hydrogen-bond acceptors (Lipinski definition) is 4. The summed E-state index contributed by atoms with van der Waals surface area (Å²) in [5.41, 5.74) is 0.872. The molecule has 1 aromatic heterocycles. The van der Waals surface area contributed by atoms with E-state index in [0.29, 0.717) is 35.9 Å². The first kappa shape index (κ1) is 17.5. The van der Waals surface area contributed by atoms with Crippen molar-refractivity contribution in [1.29, 1.82) is 0 Å². The van der Waals surface area contributed by atoms with Crippen LogP contribution in [-0.2, 0) is 4.79 Å². The second-order valence-corrected chi connectivity index (χ2v) is 6.61. The molecule has 1 saturated heterocycles. The van der Waals surface area contributed by atoms with Gasteiger partial charge in [-0.25, -0.2) is 4.98 Å². The standard InChI is InChI=1S/C18H19ClN2O4/c19-14-6-2-1-5-13(14)17-16(20-11-25-17)18(24)21-9-3-4-12(10-21)7-8-15(22)23/h1-2,5-6,11-12H,3-4,7-10H2,(H,22,23)/t12-/m0/s1. The van der Waals surface area contributed by atoms with Gasteiger partial charge in [0.2, 0.25) is 0 Å². The topological polar surface area (TPSA) is 83.6 Å². The molecule has 1 atom stereocenters. The molecule has 0 bridgehead atoms. The van der Waals surface area contributed by atoms with Crippen molar-refractivity contribution in [3.8, 4) is 11.3 Å². The average molecular weight is 363 g/mol. The summed E-state index contributed by atoms with van der Waals surface area (Å²) in [5.74, 6) is -0.447. The molecule has 6 nitrogen and oxygen atoms in total. The van der Waals surface area contributed by atoms with Gasteiger partial charge in [-0.2, -0.15) is 0 Å². The predicted octanol–water partition coefficient (Wildman–Crippen LogP) is 3.71. The molecule has 0 aliphatic carbocycles. The molecule has 0 radical (unpaired) electrons. The predicted molar refractivity (Wildman–Crippen MR) is 92.4 cm³/mol. The average Bonchev–Trinajstić information content (AvgIpc) is 3.09. The van der Waals surface area contributed by atoms with E-state index in [1.165, 1.54) is 6.39 Å². The Morgan fingerprint density at radius 3 is 2.92 bits per heavy atom. The second kappa shape index (κ2) is 7.70. The molecule has 1 fully saturated rings. The smallest absolute Gasteiger partial charge is 0.303 e. The quantitative estimate of drug-likeness (QED) is 0.876. The first-order valence-electron chi connectivity index (χ1n) is 8.25. The summed E-state index contributed by atoms with van der Waals surface area (Å²) in [6, 6.07) is 7.14. The molecule has 1 N–H and O–H groups in total. The van der Waals surface area contributed by atoms with Gasteiger partial charge in [0.1, 0.15) is 0 Å². The highest BCUT2D eigenvalue weighted by Gasteiger charge is 2.29. The second-order valence-electron chi connectivity index (χ2n) is 6.20. The minimum absolute atomic E-state index is 0.127. The van der Waals surface area contributed by atoms with Crippen molar-refractivity contribution >= 4 is 23.5 Å². The molecule has 0 unspecified atom stereocenters. The van der Waals surface area contributed by atoms with Crippen molar-refractivity contribution in [2.75, 3.05) is 13.1 Å². The first-order valence-corrected chi connectivity index (χ1v) is 8.63. The molecule has 132 valence electrons. The summed E-state index contributed by atoms with van der Waals surface area (Å²) < 4.78 is 5.43. The lowest BCUT2D eigenvalue weighted by Crippen LogP contribution is -2.40. The lowest BCUT2D eigenvalue weighted by atomic mass is 9.93. The molecular weight excluding hydrogens is 344 g/mol. The molecular formula is C18H19ClN2O4. The minimum Gasteiger partial charge on any atom is -0.481 e. The third kappa shape index (κ3) is 4.02. The van der Waals surface area contributed by atoms with Crippen molar-refractivity contribution in [3.05, 3.63) is 41.4 Å². The van der Waals surface area contributed by atoms with Crippen LogP contribution in [0.25, 0.3) is 11.3 Å². The Bertz CT molecular complexity index is 774. The summed E-state index contributed by atoms with van der Waals surface area (Å²) in [6.45, 7) is 1.18. The number of carbonyl (C=O) groups excluding carboxylic acids is 1. The van der Waals surface area contributed by atoms with E-state index in [1.807, 2.05) is 6.07 Å². The van der Waals surface area contributed by atoms with Crippen LogP contribution in [0.4, 0.5) is 0 Å². The van der Waals surface area contributed by atoms with Crippen LogP contribution in [0.5, 0.6) is 0 Å². The number of aromatic nitrogens is 1. The zero-order valence-electron chi connectivity index (χ0n) is 13.7. The van der Waals surface area contributed by atoms with Crippen molar-refractivity contribution in [2.45, 2.75) is 25.7 Å². The first-order chi connectivity index (χ1) is 12.1. The number of carboxylic acids is 1. The summed E-state index contributed by atoms with van der Waals surface area (Å²) in [7, 11) is 0. The summed E-state index contributed by atoms with van der Waals surface area (Å²) in [6.07, 6.45) is 3.75. The summed E-state index contributed by atoms with van der Waals surface area (Å²) in [4.78, 5) is 29.5. The van der Waals surface area contributed by atoms with Gasteiger partial charge in [0.15, 0.2) is 17.8 Å². The lowest BCUT2D eigenvalue weighted by Gasteiger charge is -2.32. The number of piperidine rings is 1. The number of aliphatic carboxylic acids is 1. The molecule has 7 heteroatoms. The van der Waals surface area contributed by atoms with E-state index in [-0.39, 0.29) is 23.9 Å². The monoisotopic (exact) mass is 362 g/mol. The van der Waals surface area contributed by atoms with Crippen LogP contribution in [0, 0.1) is 5.92 Å². The summed E-state index contributed by atoms with van der Waals surface area (Å²) >= 11 is 6.20. The third-order valence-electron chi connectivity index (χ3n) is 4.46. The molecule has 2 heterocycles. The van der Waals surface area contributed by atoms with Gasteiger partial charge in [-0.3, -0.25) is 9.59 Å². The van der Waals surface area contributed by atoms with Crippen molar-refractivity contribution in [1.82, 2.24) is 9.88 Å². The Morgan fingerprint density at radius 1 is 1.36 bits per heavy atom. The van der Waals surface area contributed by atoms with E-state index in [9.17, 15) is 9.59 Å². The third-order valence-corrected chi connectivity index (χ3v) is 4.79. The maximum atomic E-state index is 12.9. The highest BCUT2D eigenvalue weighted by Crippen LogP contribution is 2.31. The largest absolute Gasteiger partial charge is 0.481 e. The van der Waals surface area contributed by atoms with Gasteiger partial charge in [0.05, 0.1) is 5.02 Å². The number of likely N-dealkylation sites (tertiary alicyclic amines) is 1. The van der Waals surface area contributed by atoms with Crippen LogP contribution in [0.2, 0.25) is 5.02 Å². The number of rotatable bonds is 5. The molecule has 3 rings (SSSR count). The Balaban J connectivity index is 1.77. The Labute approximate surface area is 150 Å². The van der Waals surface area contributed by atoms with Gasteiger partial charge >= 0.3 is 5.97 Å². The maximum absolute atomic E-state index is 12.9. The maximum Gasteiger partial charge on any atom is 0.303 e.